The first-order valence-electron chi connectivity index (χ1n) is 3.86. The van der Waals surface area contributed by atoms with Gasteiger partial charge in [0.1, 0.15) is 5.56 Å². The minimum absolute atomic E-state index is 0.0389. The molecule has 0 spiro atoms. The van der Waals surface area contributed by atoms with E-state index in [0.717, 1.165) is 6.07 Å². The van der Waals surface area contributed by atoms with Crippen molar-refractivity contribution in [1.29, 1.82) is 5.26 Å². The highest BCUT2D eigenvalue weighted by atomic mass is 19.4. The van der Waals surface area contributed by atoms with Crippen molar-refractivity contribution in [3.63, 3.8) is 0 Å². The third-order valence-corrected chi connectivity index (χ3v) is 1.81. The highest BCUT2D eigenvalue weighted by Gasteiger charge is 2.35. The Labute approximate surface area is 83.0 Å². The monoisotopic (exact) mass is 217 g/mol. The maximum atomic E-state index is 12.2. The van der Waals surface area contributed by atoms with Gasteiger partial charge in [-0.3, -0.25) is 0 Å². The molecule has 0 radical (unpaired) electrons. The van der Waals surface area contributed by atoms with Crippen LogP contribution in [0.2, 0.25) is 0 Å². The number of hydrogen-bond donors (Lipinski definition) is 2. The first kappa shape index (κ1) is 11.2. The molecule has 15 heavy (non-hydrogen) atoms. The molecule has 0 heterocycles. The molecule has 0 saturated carbocycles. The first-order valence-corrected chi connectivity index (χ1v) is 3.86. The zero-order chi connectivity index (χ0) is 11.6. The average Bonchev–Trinajstić information content (AvgIpc) is 2.11. The number of phenolic OH excluding ortho intramolecular Hbond substituents is 2. The molecule has 1 aromatic carbocycles. The van der Waals surface area contributed by atoms with Gasteiger partial charge in [0.15, 0.2) is 11.5 Å². The fraction of sp³-hybridized carbons (Fsp3) is 0.222. The van der Waals surface area contributed by atoms with Gasteiger partial charge in [-0.05, 0) is 6.07 Å². The summed E-state index contributed by atoms with van der Waals surface area (Å²) in [6.45, 7) is 0. The van der Waals surface area contributed by atoms with Gasteiger partial charge in [0, 0.05) is 5.56 Å². The van der Waals surface area contributed by atoms with Gasteiger partial charge in [0.25, 0.3) is 0 Å². The topological polar surface area (TPSA) is 64.2 Å². The summed E-state index contributed by atoms with van der Waals surface area (Å²) in [6, 6.07) is 3.24. The Balaban J connectivity index is 3.29. The van der Waals surface area contributed by atoms with E-state index in [-0.39, 0.29) is 12.0 Å². The maximum absolute atomic E-state index is 12.2. The number of halogens is 3. The second-order valence-corrected chi connectivity index (χ2v) is 2.80. The van der Waals surface area contributed by atoms with Crippen LogP contribution in [-0.2, 0) is 12.6 Å². The number of phenols is 2. The molecule has 0 aliphatic rings. The number of nitriles is 1. The van der Waals surface area contributed by atoms with Crippen molar-refractivity contribution < 1.29 is 23.4 Å². The second kappa shape index (κ2) is 3.69. The first-order chi connectivity index (χ1) is 6.88. The SMILES string of the molecule is N#CCc1ccc(C(F)(F)F)c(O)c1O. The van der Waals surface area contributed by atoms with Crippen LogP contribution in [0.15, 0.2) is 12.1 Å². The summed E-state index contributed by atoms with van der Waals surface area (Å²) < 4.78 is 36.6. The highest BCUT2D eigenvalue weighted by molar-refractivity contribution is 5.51. The smallest absolute Gasteiger partial charge is 0.420 e. The number of alkyl halides is 3. The van der Waals surface area contributed by atoms with Crippen molar-refractivity contribution in [3.05, 3.63) is 23.3 Å². The van der Waals surface area contributed by atoms with Gasteiger partial charge in [-0.1, -0.05) is 6.07 Å². The Kier molecular flexibility index (Phi) is 2.75. The summed E-state index contributed by atoms with van der Waals surface area (Å²) in [6.07, 6.45) is -5.00. The molecule has 0 bridgehead atoms. The largest absolute Gasteiger partial charge is 0.504 e. The number of benzene rings is 1. The van der Waals surface area contributed by atoms with Crippen LogP contribution in [0.25, 0.3) is 0 Å². The predicted molar refractivity (Wildman–Crippen MR) is 44.1 cm³/mol. The van der Waals surface area contributed by atoms with E-state index in [9.17, 15) is 18.3 Å². The number of aromatic hydroxyl groups is 2. The minimum atomic E-state index is -4.73. The standard InChI is InChI=1S/C9H6F3NO2/c10-9(11,12)6-2-1-5(3-4-13)7(14)8(6)15/h1-2,14-15H,3H2. The van der Waals surface area contributed by atoms with Gasteiger partial charge >= 0.3 is 6.18 Å². The minimum Gasteiger partial charge on any atom is -0.504 e. The molecule has 0 aliphatic heterocycles. The Hall–Kier alpha value is -1.90. The van der Waals surface area contributed by atoms with Gasteiger partial charge in [0.05, 0.1) is 12.5 Å². The lowest BCUT2D eigenvalue weighted by Gasteiger charge is -2.11. The van der Waals surface area contributed by atoms with Crippen LogP contribution in [0, 0.1) is 11.3 Å². The van der Waals surface area contributed by atoms with Crippen LogP contribution in [-0.4, -0.2) is 10.2 Å². The van der Waals surface area contributed by atoms with Crippen molar-refractivity contribution in [1.82, 2.24) is 0 Å². The Morgan fingerprint density at radius 1 is 1.20 bits per heavy atom. The lowest BCUT2D eigenvalue weighted by molar-refractivity contribution is -0.138. The fourth-order valence-electron chi connectivity index (χ4n) is 1.08. The van der Waals surface area contributed by atoms with E-state index in [1.54, 1.807) is 6.07 Å². The van der Waals surface area contributed by atoms with Crippen LogP contribution >= 0.6 is 0 Å². The van der Waals surface area contributed by atoms with Crippen molar-refractivity contribution in [2.45, 2.75) is 12.6 Å². The second-order valence-electron chi connectivity index (χ2n) is 2.80. The van der Waals surface area contributed by atoms with Gasteiger partial charge < -0.3 is 10.2 Å². The Bertz CT molecular complexity index is 421. The van der Waals surface area contributed by atoms with Crippen LogP contribution in [0.1, 0.15) is 11.1 Å². The van der Waals surface area contributed by atoms with Crippen molar-refractivity contribution in [2.75, 3.05) is 0 Å². The third-order valence-electron chi connectivity index (χ3n) is 1.81. The summed E-state index contributed by atoms with van der Waals surface area (Å²) >= 11 is 0. The zero-order valence-corrected chi connectivity index (χ0v) is 7.34. The van der Waals surface area contributed by atoms with Crippen LogP contribution in [0.5, 0.6) is 11.5 Å². The van der Waals surface area contributed by atoms with E-state index >= 15 is 0 Å². The van der Waals surface area contributed by atoms with E-state index in [1.807, 2.05) is 0 Å². The maximum Gasteiger partial charge on any atom is 0.420 e. The molecule has 6 heteroatoms. The Morgan fingerprint density at radius 3 is 2.27 bits per heavy atom. The molecule has 0 aliphatic carbocycles. The molecular formula is C9H6F3NO2. The van der Waals surface area contributed by atoms with Crippen LogP contribution < -0.4 is 0 Å². The lowest BCUT2D eigenvalue weighted by Crippen LogP contribution is -2.05. The fourth-order valence-corrected chi connectivity index (χ4v) is 1.08. The molecule has 0 aromatic heterocycles. The summed E-state index contributed by atoms with van der Waals surface area (Å²) in [5.41, 5.74) is -1.36. The highest BCUT2D eigenvalue weighted by Crippen LogP contribution is 2.41. The molecule has 3 nitrogen and oxygen atoms in total. The van der Waals surface area contributed by atoms with E-state index in [1.165, 1.54) is 0 Å². The van der Waals surface area contributed by atoms with Crippen LogP contribution in [0.3, 0.4) is 0 Å². The Morgan fingerprint density at radius 2 is 1.80 bits per heavy atom. The number of rotatable bonds is 1. The number of nitrogens with zero attached hydrogens (tertiary/aromatic N) is 1. The molecule has 0 atom stereocenters. The van der Waals surface area contributed by atoms with E-state index in [2.05, 4.69) is 0 Å². The molecule has 1 rings (SSSR count). The number of hydrogen-bond acceptors (Lipinski definition) is 3. The van der Waals surface area contributed by atoms with Crippen molar-refractivity contribution in [2.24, 2.45) is 0 Å². The normalized spacial score (nSPS) is 11.1. The zero-order valence-electron chi connectivity index (χ0n) is 7.34. The summed E-state index contributed by atoms with van der Waals surface area (Å²) in [5.74, 6) is -2.14. The van der Waals surface area contributed by atoms with Gasteiger partial charge in [-0.2, -0.15) is 18.4 Å². The van der Waals surface area contributed by atoms with Gasteiger partial charge in [0.2, 0.25) is 0 Å². The molecule has 80 valence electrons. The van der Waals surface area contributed by atoms with E-state index < -0.39 is 23.2 Å². The molecule has 2 N–H and O–H groups in total. The third kappa shape index (κ3) is 2.13. The molecule has 1 aromatic rings. The molecule has 0 saturated heterocycles. The van der Waals surface area contributed by atoms with Crippen molar-refractivity contribution in [3.8, 4) is 17.6 Å². The average molecular weight is 217 g/mol. The molecular weight excluding hydrogens is 211 g/mol. The van der Waals surface area contributed by atoms with E-state index in [0.29, 0.717) is 6.07 Å². The lowest BCUT2D eigenvalue weighted by atomic mass is 10.1. The van der Waals surface area contributed by atoms with Gasteiger partial charge in [-0.15, -0.1) is 0 Å². The molecule has 0 amide bonds. The van der Waals surface area contributed by atoms with Crippen molar-refractivity contribution >= 4 is 0 Å². The predicted octanol–water partition coefficient (Wildman–Crippen LogP) is 2.18. The van der Waals surface area contributed by atoms with Gasteiger partial charge in [-0.25, -0.2) is 0 Å². The summed E-state index contributed by atoms with van der Waals surface area (Å²) in [5, 5.41) is 26.5. The molecule has 0 unspecified atom stereocenters. The van der Waals surface area contributed by atoms with Crippen LogP contribution in [0.4, 0.5) is 13.2 Å². The summed E-state index contributed by atoms with van der Waals surface area (Å²) in [7, 11) is 0. The summed E-state index contributed by atoms with van der Waals surface area (Å²) in [4.78, 5) is 0. The van der Waals surface area contributed by atoms with E-state index in [4.69, 9.17) is 10.4 Å². The quantitative estimate of drug-likeness (QED) is 0.708. The molecule has 0 fully saturated rings.